The molecule has 2 aromatic carbocycles. The van der Waals surface area contributed by atoms with Crippen LogP contribution >= 0.6 is 12.4 Å². The maximum atomic E-state index is 12.0. The predicted octanol–water partition coefficient (Wildman–Crippen LogP) is 2.48. The van der Waals surface area contributed by atoms with Gasteiger partial charge in [-0.05, 0) is 24.1 Å². The van der Waals surface area contributed by atoms with E-state index in [1.807, 2.05) is 48.5 Å². The number of H-pyrrole nitrogens is 1. The minimum absolute atomic E-state index is 0. The second-order valence-electron chi connectivity index (χ2n) is 6.20. The fourth-order valence-electron chi connectivity index (χ4n) is 2.80. The summed E-state index contributed by atoms with van der Waals surface area (Å²) in [6.45, 7) is 0.397. The van der Waals surface area contributed by atoms with Crippen LogP contribution in [0.1, 0.15) is 30.3 Å². The third kappa shape index (κ3) is 5.64. The molecule has 0 radical (unpaired) electrons. The maximum Gasteiger partial charge on any atom is 0.258 e. The van der Waals surface area contributed by atoms with Crippen LogP contribution in [0.3, 0.4) is 0 Å². The van der Waals surface area contributed by atoms with Crippen LogP contribution in [0.5, 0.6) is 0 Å². The molecule has 6 nitrogen and oxygen atoms in total. The van der Waals surface area contributed by atoms with Gasteiger partial charge in [0.25, 0.3) is 5.56 Å². The first-order chi connectivity index (χ1) is 12.6. The summed E-state index contributed by atoms with van der Waals surface area (Å²) in [5.74, 6) is 0.544. The third-order valence-corrected chi connectivity index (χ3v) is 4.23. The lowest BCUT2D eigenvalue weighted by Gasteiger charge is -2.13. The van der Waals surface area contributed by atoms with E-state index in [2.05, 4.69) is 15.3 Å². The fraction of sp³-hybridized carbons (Fsp3) is 0.250. The summed E-state index contributed by atoms with van der Waals surface area (Å²) in [6, 6.07) is 16.7. The van der Waals surface area contributed by atoms with Gasteiger partial charge in [0.2, 0.25) is 5.91 Å². The number of fused-ring (bicyclic) bond motifs is 1. The van der Waals surface area contributed by atoms with Crippen LogP contribution < -0.4 is 16.6 Å². The number of nitrogens with one attached hydrogen (secondary N) is 2. The molecular formula is C20H23ClN4O2. The minimum atomic E-state index is -0.223. The van der Waals surface area contributed by atoms with E-state index >= 15 is 0 Å². The average molecular weight is 387 g/mol. The van der Waals surface area contributed by atoms with Crippen molar-refractivity contribution in [2.24, 2.45) is 5.73 Å². The molecule has 7 heteroatoms. The van der Waals surface area contributed by atoms with Gasteiger partial charge in [0.1, 0.15) is 5.82 Å². The van der Waals surface area contributed by atoms with Gasteiger partial charge in [0.05, 0.1) is 10.9 Å². The van der Waals surface area contributed by atoms with E-state index in [1.54, 1.807) is 6.07 Å². The van der Waals surface area contributed by atoms with Gasteiger partial charge in [0, 0.05) is 25.4 Å². The zero-order valence-electron chi connectivity index (χ0n) is 14.9. The summed E-state index contributed by atoms with van der Waals surface area (Å²) in [7, 11) is 0. The van der Waals surface area contributed by atoms with Crippen LogP contribution in [0, 0.1) is 0 Å². The Kier molecular flexibility index (Phi) is 7.52. The van der Waals surface area contributed by atoms with Gasteiger partial charge in [-0.15, -0.1) is 12.4 Å². The van der Waals surface area contributed by atoms with Gasteiger partial charge in [-0.2, -0.15) is 0 Å². The number of aromatic nitrogens is 2. The van der Waals surface area contributed by atoms with Crippen molar-refractivity contribution < 1.29 is 4.79 Å². The molecule has 0 aliphatic rings. The summed E-state index contributed by atoms with van der Waals surface area (Å²) in [5, 5.41) is 3.42. The number of hydrogen-bond acceptors (Lipinski definition) is 4. The molecule has 27 heavy (non-hydrogen) atoms. The Labute approximate surface area is 163 Å². The number of carbonyl (C=O) groups excluding carboxylic acids is 1. The lowest BCUT2D eigenvalue weighted by atomic mass is 10.1. The monoisotopic (exact) mass is 386 g/mol. The normalized spacial score (nSPS) is 11.6. The van der Waals surface area contributed by atoms with Crippen molar-refractivity contribution in [3.8, 4) is 0 Å². The number of nitrogens with two attached hydrogens (primary N) is 1. The molecule has 0 aliphatic heterocycles. The van der Waals surface area contributed by atoms with Crippen molar-refractivity contribution >= 4 is 29.2 Å². The molecule has 0 fully saturated rings. The molecule has 3 aromatic rings. The lowest BCUT2D eigenvalue weighted by molar-refractivity contribution is -0.121. The maximum absolute atomic E-state index is 12.0. The fourth-order valence-corrected chi connectivity index (χ4v) is 2.80. The predicted molar refractivity (Wildman–Crippen MR) is 109 cm³/mol. The Morgan fingerprint density at radius 1 is 1.11 bits per heavy atom. The molecule has 4 N–H and O–H groups in total. The first-order valence-corrected chi connectivity index (χ1v) is 8.68. The van der Waals surface area contributed by atoms with Crippen LogP contribution in [0.2, 0.25) is 0 Å². The first-order valence-electron chi connectivity index (χ1n) is 8.68. The second kappa shape index (κ2) is 9.85. The van der Waals surface area contributed by atoms with Gasteiger partial charge in [-0.1, -0.05) is 42.5 Å². The number of halogens is 1. The molecule has 0 aliphatic carbocycles. The van der Waals surface area contributed by atoms with Gasteiger partial charge < -0.3 is 16.0 Å². The van der Waals surface area contributed by atoms with Crippen molar-refractivity contribution in [1.82, 2.24) is 15.3 Å². The Morgan fingerprint density at radius 2 is 1.81 bits per heavy atom. The molecular weight excluding hydrogens is 364 g/mol. The number of rotatable bonds is 7. The Balaban J connectivity index is 0.00000261. The number of aryl methyl sites for hydroxylation is 1. The van der Waals surface area contributed by atoms with Crippen molar-refractivity contribution in [3.63, 3.8) is 0 Å². The number of nitrogens with zero attached hydrogens (tertiary/aromatic N) is 1. The topological polar surface area (TPSA) is 101 Å². The second-order valence-corrected chi connectivity index (χ2v) is 6.20. The van der Waals surface area contributed by atoms with E-state index in [1.165, 1.54) is 0 Å². The number of benzene rings is 2. The van der Waals surface area contributed by atoms with Crippen molar-refractivity contribution in [2.75, 3.05) is 6.54 Å². The van der Waals surface area contributed by atoms with E-state index < -0.39 is 0 Å². The molecule has 0 saturated heterocycles. The van der Waals surface area contributed by atoms with Crippen LogP contribution in [0.4, 0.5) is 0 Å². The largest absolute Gasteiger partial charge is 0.354 e. The molecule has 1 aromatic heterocycles. The van der Waals surface area contributed by atoms with Crippen LogP contribution in [-0.4, -0.2) is 22.4 Å². The number of carbonyl (C=O) groups is 1. The van der Waals surface area contributed by atoms with E-state index in [9.17, 15) is 9.59 Å². The lowest BCUT2D eigenvalue weighted by Crippen LogP contribution is -2.31. The highest BCUT2D eigenvalue weighted by molar-refractivity contribution is 5.85. The molecule has 0 spiro atoms. The van der Waals surface area contributed by atoms with Crippen LogP contribution in [0.15, 0.2) is 59.4 Å². The highest BCUT2D eigenvalue weighted by atomic mass is 35.5. The average Bonchev–Trinajstić information content (AvgIpc) is 2.67. The minimum Gasteiger partial charge on any atom is -0.354 e. The quantitative estimate of drug-likeness (QED) is 0.580. The van der Waals surface area contributed by atoms with Gasteiger partial charge in [0.15, 0.2) is 0 Å². The standard InChI is InChI=1S/C20H22N4O2.ClH/c21-16(14-7-2-1-3-8-14)13-22-19(25)12-6-11-18-23-17-10-5-4-9-15(17)20(26)24-18;/h1-5,7-10,16H,6,11-13,21H2,(H,22,25)(H,23,24,26);1H. The number of hydrogen-bond donors (Lipinski definition) is 3. The van der Waals surface area contributed by atoms with E-state index in [0.717, 1.165) is 5.56 Å². The highest BCUT2D eigenvalue weighted by Gasteiger charge is 2.09. The van der Waals surface area contributed by atoms with Gasteiger partial charge in [-0.3, -0.25) is 9.59 Å². The van der Waals surface area contributed by atoms with E-state index in [0.29, 0.717) is 42.5 Å². The molecule has 1 amide bonds. The molecule has 1 atom stereocenters. The number of para-hydroxylation sites is 1. The number of aromatic amines is 1. The zero-order valence-corrected chi connectivity index (χ0v) is 15.7. The molecule has 0 saturated carbocycles. The molecule has 3 rings (SSSR count). The SMILES string of the molecule is Cl.NC(CNC(=O)CCCc1nc2ccccc2c(=O)[nH]1)c1ccccc1. The van der Waals surface area contributed by atoms with E-state index in [4.69, 9.17) is 5.73 Å². The molecule has 0 bridgehead atoms. The molecule has 1 unspecified atom stereocenters. The summed E-state index contributed by atoms with van der Waals surface area (Å²) in [4.78, 5) is 31.2. The summed E-state index contributed by atoms with van der Waals surface area (Å²) in [6.07, 6.45) is 1.50. The van der Waals surface area contributed by atoms with Crippen LogP contribution in [-0.2, 0) is 11.2 Å². The Morgan fingerprint density at radius 3 is 2.59 bits per heavy atom. The first kappa shape index (κ1) is 20.6. The Hall–Kier alpha value is -2.70. The summed E-state index contributed by atoms with van der Waals surface area (Å²) in [5.41, 5.74) is 7.58. The molecule has 1 heterocycles. The third-order valence-electron chi connectivity index (χ3n) is 4.23. The Bertz CT molecular complexity index is 943. The van der Waals surface area contributed by atoms with E-state index in [-0.39, 0.29) is 29.9 Å². The summed E-state index contributed by atoms with van der Waals surface area (Å²) < 4.78 is 0. The van der Waals surface area contributed by atoms with Crippen molar-refractivity contribution in [1.29, 1.82) is 0 Å². The van der Waals surface area contributed by atoms with Gasteiger partial charge >= 0.3 is 0 Å². The van der Waals surface area contributed by atoms with Crippen molar-refractivity contribution in [2.45, 2.75) is 25.3 Å². The van der Waals surface area contributed by atoms with Gasteiger partial charge in [-0.25, -0.2) is 4.98 Å². The number of amides is 1. The molecule has 142 valence electrons. The summed E-state index contributed by atoms with van der Waals surface area (Å²) >= 11 is 0. The van der Waals surface area contributed by atoms with Crippen molar-refractivity contribution in [3.05, 3.63) is 76.3 Å². The zero-order chi connectivity index (χ0) is 18.4. The highest BCUT2D eigenvalue weighted by Crippen LogP contribution is 2.09. The smallest absolute Gasteiger partial charge is 0.258 e. The van der Waals surface area contributed by atoms with Crippen LogP contribution in [0.25, 0.3) is 10.9 Å².